The summed E-state index contributed by atoms with van der Waals surface area (Å²) in [6.07, 6.45) is 0.334. The quantitative estimate of drug-likeness (QED) is 0.865. The summed E-state index contributed by atoms with van der Waals surface area (Å²) in [4.78, 5) is 13.4. The van der Waals surface area contributed by atoms with Crippen LogP contribution in [0.2, 0.25) is 0 Å². The molecule has 1 saturated heterocycles. The van der Waals surface area contributed by atoms with E-state index in [0.29, 0.717) is 19.4 Å². The summed E-state index contributed by atoms with van der Waals surface area (Å²) in [7, 11) is 0. The van der Waals surface area contributed by atoms with Crippen LogP contribution in [-0.2, 0) is 0 Å². The molecule has 0 aromatic heterocycles. The molecule has 1 aliphatic carbocycles. The van der Waals surface area contributed by atoms with Crippen molar-refractivity contribution in [2.24, 2.45) is 5.41 Å². The van der Waals surface area contributed by atoms with Crippen LogP contribution in [0, 0.1) is 5.41 Å². The molecular formula is C22H25NO3. The summed E-state index contributed by atoms with van der Waals surface area (Å²) in [5.41, 5.74) is 4.03. The number of benzene rings is 2. The van der Waals surface area contributed by atoms with Gasteiger partial charge in [0.15, 0.2) is 0 Å². The molecular weight excluding hydrogens is 326 g/mol. The van der Waals surface area contributed by atoms with Crippen LogP contribution < -0.4 is 0 Å². The fourth-order valence-corrected chi connectivity index (χ4v) is 5.16. The summed E-state index contributed by atoms with van der Waals surface area (Å²) < 4.78 is 0. The van der Waals surface area contributed by atoms with Crippen molar-refractivity contribution in [3.05, 3.63) is 59.7 Å². The zero-order valence-corrected chi connectivity index (χ0v) is 15.3. The second kappa shape index (κ2) is 5.85. The molecule has 4 nitrogen and oxygen atoms in total. The minimum atomic E-state index is -0.941. The Morgan fingerprint density at radius 2 is 1.62 bits per heavy atom. The van der Waals surface area contributed by atoms with E-state index in [-0.39, 0.29) is 17.9 Å². The predicted molar refractivity (Wildman–Crippen MR) is 101 cm³/mol. The second-order valence-corrected chi connectivity index (χ2v) is 8.52. The van der Waals surface area contributed by atoms with Gasteiger partial charge in [-0.3, -0.25) is 4.90 Å². The first kappa shape index (κ1) is 17.1. The summed E-state index contributed by atoms with van der Waals surface area (Å²) in [6.45, 7) is 4.47. The fourth-order valence-electron chi connectivity index (χ4n) is 5.16. The van der Waals surface area contributed by atoms with Crippen molar-refractivity contribution >= 4 is 6.09 Å². The Kier molecular flexibility index (Phi) is 3.85. The number of nitrogens with zero attached hydrogens (tertiary/aromatic N) is 1. The van der Waals surface area contributed by atoms with Crippen LogP contribution in [0.15, 0.2) is 48.5 Å². The third-order valence-electron chi connectivity index (χ3n) is 6.04. The minimum Gasteiger partial charge on any atom is -0.465 e. The molecule has 1 aliphatic heterocycles. The van der Waals surface area contributed by atoms with Crippen LogP contribution in [0.4, 0.5) is 4.79 Å². The van der Waals surface area contributed by atoms with Crippen LogP contribution >= 0.6 is 0 Å². The molecule has 1 unspecified atom stereocenters. The summed E-state index contributed by atoms with van der Waals surface area (Å²) >= 11 is 0. The van der Waals surface area contributed by atoms with Gasteiger partial charge in [0.25, 0.3) is 0 Å². The van der Waals surface area contributed by atoms with Gasteiger partial charge in [-0.05, 0) is 40.5 Å². The Balaban J connectivity index is 1.79. The highest BCUT2D eigenvalue weighted by atomic mass is 16.4. The monoisotopic (exact) mass is 351 g/mol. The van der Waals surface area contributed by atoms with E-state index in [2.05, 4.69) is 38.1 Å². The standard InChI is InChI=1S/C22H25NO3/c1-21(2)12-22(14-24,23(13-21)20(25)26)11-19-17-9-5-3-7-15(17)16-8-4-6-10-18(16)19/h3-10,19,24H,11-14H2,1-2H3,(H,25,26). The molecule has 0 saturated carbocycles. The van der Waals surface area contributed by atoms with Crippen molar-refractivity contribution in [3.63, 3.8) is 0 Å². The van der Waals surface area contributed by atoms with E-state index < -0.39 is 11.6 Å². The first-order chi connectivity index (χ1) is 12.4. The van der Waals surface area contributed by atoms with Crippen LogP contribution in [-0.4, -0.2) is 39.9 Å². The van der Waals surface area contributed by atoms with Gasteiger partial charge < -0.3 is 10.2 Å². The number of amides is 1. The lowest BCUT2D eigenvalue weighted by Crippen LogP contribution is -2.50. The van der Waals surface area contributed by atoms with Crippen molar-refractivity contribution < 1.29 is 15.0 Å². The number of carbonyl (C=O) groups is 1. The molecule has 4 rings (SSSR count). The van der Waals surface area contributed by atoms with Crippen LogP contribution in [0.5, 0.6) is 0 Å². The molecule has 2 aromatic rings. The van der Waals surface area contributed by atoms with Gasteiger partial charge >= 0.3 is 6.09 Å². The molecule has 0 spiro atoms. The zero-order valence-electron chi connectivity index (χ0n) is 15.3. The van der Waals surface area contributed by atoms with E-state index in [4.69, 9.17) is 0 Å². The maximum absolute atomic E-state index is 11.9. The van der Waals surface area contributed by atoms with Gasteiger partial charge in [-0.15, -0.1) is 0 Å². The van der Waals surface area contributed by atoms with Crippen molar-refractivity contribution in [3.8, 4) is 11.1 Å². The normalized spacial score (nSPS) is 23.7. The molecule has 1 heterocycles. The molecule has 0 bridgehead atoms. The number of likely N-dealkylation sites (tertiary alicyclic amines) is 1. The van der Waals surface area contributed by atoms with E-state index in [0.717, 1.165) is 0 Å². The Morgan fingerprint density at radius 3 is 2.12 bits per heavy atom. The predicted octanol–water partition coefficient (Wildman–Crippen LogP) is 4.33. The highest BCUT2D eigenvalue weighted by molar-refractivity contribution is 5.79. The first-order valence-electron chi connectivity index (χ1n) is 9.17. The number of carboxylic acid groups (broad SMARTS) is 1. The number of aliphatic hydroxyl groups is 1. The molecule has 4 heteroatoms. The number of hydrogen-bond donors (Lipinski definition) is 2. The van der Waals surface area contributed by atoms with E-state index >= 15 is 0 Å². The van der Waals surface area contributed by atoms with E-state index in [1.54, 1.807) is 0 Å². The molecule has 136 valence electrons. The maximum Gasteiger partial charge on any atom is 0.407 e. The number of fused-ring (bicyclic) bond motifs is 3. The summed E-state index contributed by atoms with van der Waals surface area (Å²) in [5.74, 6) is 0.102. The zero-order chi connectivity index (χ0) is 18.5. The van der Waals surface area contributed by atoms with Gasteiger partial charge in [-0.2, -0.15) is 0 Å². The molecule has 1 fully saturated rings. The van der Waals surface area contributed by atoms with Crippen LogP contribution in [0.3, 0.4) is 0 Å². The van der Waals surface area contributed by atoms with Gasteiger partial charge in [0.2, 0.25) is 0 Å². The SMILES string of the molecule is CC1(C)CN(C(=O)O)C(CO)(CC2c3ccccc3-c3ccccc32)C1. The van der Waals surface area contributed by atoms with Gasteiger partial charge in [0.1, 0.15) is 0 Å². The number of hydrogen-bond acceptors (Lipinski definition) is 2. The maximum atomic E-state index is 11.9. The Hall–Kier alpha value is -2.33. The summed E-state index contributed by atoms with van der Waals surface area (Å²) in [5, 5.41) is 20.1. The van der Waals surface area contributed by atoms with Gasteiger partial charge in [0, 0.05) is 12.5 Å². The van der Waals surface area contributed by atoms with Gasteiger partial charge in [0.05, 0.1) is 12.1 Å². The Labute approximate surface area is 154 Å². The Bertz CT molecular complexity index is 814. The molecule has 2 aliphatic rings. The summed E-state index contributed by atoms with van der Waals surface area (Å²) in [6, 6.07) is 16.7. The van der Waals surface area contributed by atoms with Crippen molar-refractivity contribution in [2.45, 2.75) is 38.1 Å². The average Bonchev–Trinajstić information content (AvgIpc) is 3.08. The number of aliphatic hydroxyl groups excluding tert-OH is 1. The van der Waals surface area contributed by atoms with E-state index in [1.807, 2.05) is 24.3 Å². The molecule has 1 atom stereocenters. The lowest BCUT2D eigenvalue weighted by atomic mass is 9.77. The highest BCUT2D eigenvalue weighted by Crippen LogP contribution is 2.52. The third kappa shape index (κ3) is 2.52. The number of rotatable bonds is 3. The average molecular weight is 351 g/mol. The molecule has 2 N–H and O–H groups in total. The van der Waals surface area contributed by atoms with Crippen molar-refractivity contribution in [2.75, 3.05) is 13.2 Å². The van der Waals surface area contributed by atoms with E-state index in [1.165, 1.54) is 27.2 Å². The largest absolute Gasteiger partial charge is 0.465 e. The third-order valence-corrected chi connectivity index (χ3v) is 6.04. The van der Waals surface area contributed by atoms with Gasteiger partial charge in [-0.25, -0.2) is 4.79 Å². The van der Waals surface area contributed by atoms with Crippen molar-refractivity contribution in [1.29, 1.82) is 0 Å². The Morgan fingerprint density at radius 1 is 1.08 bits per heavy atom. The molecule has 0 radical (unpaired) electrons. The van der Waals surface area contributed by atoms with Gasteiger partial charge in [-0.1, -0.05) is 62.4 Å². The fraction of sp³-hybridized carbons (Fsp3) is 0.409. The molecule has 1 amide bonds. The van der Waals surface area contributed by atoms with Crippen molar-refractivity contribution in [1.82, 2.24) is 4.90 Å². The van der Waals surface area contributed by atoms with Crippen LogP contribution in [0.1, 0.15) is 43.7 Å². The molecule has 2 aromatic carbocycles. The first-order valence-corrected chi connectivity index (χ1v) is 9.17. The minimum absolute atomic E-state index is 0.102. The lowest BCUT2D eigenvalue weighted by molar-refractivity contribution is 0.0519. The topological polar surface area (TPSA) is 60.8 Å². The van der Waals surface area contributed by atoms with E-state index in [9.17, 15) is 15.0 Å². The molecule has 26 heavy (non-hydrogen) atoms. The van der Waals surface area contributed by atoms with Crippen LogP contribution in [0.25, 0.3) is 11.1 Å². The highest BCUT2D eigenvalue weighted by Gasteiger charge is 2.52. The second-order valence-electron chi connectivity index (χ2n) is 8.52. The lowest BCUT2D eigenvalue weighted by Gasteiger charge is -2.37. The smallest absolute Gasteiger partial charge is 0.407 e.